The SMILES string of the molecule is CCN(Cc1ccccc1)c1ccc(N=N/C(=C\C#N)SN=C(C)C)c(NC(=O)C(C)C)c1. The van der Waals surface area contributed by atoms with Gasteiger partial charge >= 0.3 is 0 Å². The zero-order valence-electron chi connectivity index (χ0n) is 19.7. The van der Waals surface area contributed by atoms with Gasteiger partial charge in [0.2, 0.25) is 5.91 Å². The van der Waals surface area contributed by atoms with Crippen molar-refractivity contribution >= 4 is 40.6 Å². The average Bonchev–Trinajstić information content (AvgIpc) is 2.80. The van der Waals surface area contributed by atoms with Crippen LogP contribution >= 0.6 is 11.9 Å². The summed E-state index contributed by atoms with van der Waals surface area (Å²) < 4.78 is 4.22. The van der Waals surface area contributed by atoms with E-state index in [0.29, 0.717) is 16.4 Å². The van der Waals surface area contributed by atoms with Crippen molar-refractivity contribution in [3.63, 3.8) is 0 Å². The van der Waals surface area contributed by atoms with Gasteiger partial charge in [0.1, 0.15) is 5.69 Å². The number of anilines is 2. The lowest BCUT2D eigenvalue weighted by Gasteiger charge is -2.24. The Balaban J connectivity index is 2.39. The van der Waals surface area contributed by atoms with Gasteiger partial charge in [-0.05, 0) is 44.5 Å². The quantitative estimate of drug-likeness (QED) is 0.180. The molecule has 2 rings (SSSR count). The van der Waals surface area contributed by atoms with Crippen LogP contribution in [0, 0.1) is 17.2 Å². The van der Waals surface area contributed by atoms with Crippen LogP contribution in [0.4, 0.5) is 17.1 Å². The molecule has 7 nitrogen and oxygen atoms in total. The van der Waals surface area contributed by atoms with Crippen molar-refractivity contribution in [1.82, 2.24) is 0 Å². The maximum absolute atomic E-state index is 12.5. The van der Waals surface area contributed by atoms with Gasteiger partial charge in [0.05, 0.1) is 17.8 Å². The molecule has 0 radical (unpaired) electrons. The Hall–Kier alpha value is -3.44. The molecule has 0 aromatic heterocycles. The van der Waals surface area contributed by atoms with E-state index in [2.05, 4.69) is 43.9 Å². The van der Waals surface area contributed by atoms with E-state index in [9.17, 15) is 4.79 Å². The summed E-state index contributed by atoms with van der Waals surface area (Å²) in [6, 6.07) is 17.9. The van der Waals surface area contributed by atoms with Crippen LogP contribution in [0.15, 0.2) is 74.3 Å². The molecule has 0 saturated heterocycles. The number of benzene rings is 2. The van der Waals surface area contributed by atoms with Crippen molar-refractivity contribution in [1.29, 1.82) is 5.26 Å². The third-order valence-electron chi connectivity index (χ3n) is 4.49. The van der Waals surface area contributed by atoms with E-state index in [1.165, 1.54) is 11.6 Å². The number of carbonyl (C=O) groups is 1. The minimum absolute atomic E-state index is 0.108. The van der Waals surface area contributed by atoms with Crippen LogP contribution in [0.25, 0.3) is 0 Å². The molecule has 0 fully saturated rings. The Morgan fingerprint density at radius 1 is 1.21 bits per heavy atom. The van der Waals surface area contributed by atoms with Crippen LogP contribution in [0.5, 0.6) is 0 Å². The summed E-state index contributed by atoms with van der Waals surface area (Å²) in [5.41, 5.74) is 4.09. The largest absolute Gasteiger partial charge is 0.367 e. The number of hydrogen-bond donors (Lipinski definition) is 1. The zero-order valence-corrected chi connectivity index (χ0v) is 20.6. The third-order valence-corrected chi connectivity index (χ3v) is 5.33. The number of hydrogen-bond acceptors (Lipinski definition) is 7. The Morgan fingerprint density at radius 3 is 2.55 bits per heavy atom. The molecule has 0 aliphatic carbocycles. The molecular weight excluding hydrogens is 432 g/mol. The van der Waals surface area contributed by atoms with Gasteiger partial charge < -0.3 is 10.2 Å². The number of allylic oxidation sites excluding steroid dienone is 1. The maximum atomic E-state index is 12.5. The Labute approximate surface area is 200 Å². The predicted molar refractivity (Wildman–Crippen MR) is 138 cm³/mol. The number of amides is 1. The van der Waals surface area contributed by atoms with Gasteiger partial charge in [-0.25, -0.2) is 4.40 Å². The maximum Gasteiger partial charge on any atom is 0.226 e. The fraction of sp³-hybridized carbons (Fsp3) is 0.320. The molecule has 1 amide bonds. The first-order chi connectivity index (χ1) is 15.8. The lowest BCUT2D eigenvalue weighted by molar-refractivity contribution is -0.118. The summed E-state index contributed by atoms with van der Waals surface area (Å²) in [6.07, 6.45) is 1.29. The first kappa shape index (κ1) is 25.8. The summed E-state index contributed by atoms with van der Waals surface area (Å²) in [5.74, 6) is -0.292. The van der Waals surface area contributed by atoms with Crippen molar-refractivity contribution in [3.8, 4) is 6.07 Å². The monoisotopic (exact) mass is 462 g/mol. The number of nitrogens with zero attached hydrogens (tertiary/aromatic N) is 5. The summed E-state index contributed by atoms with van der Waals surface area (Å²) in [6.45, 7) is 11.0. The molecule has 0 aliphatic rings. The minimum atomic E-state index is -0.184. The lowest BCUT2D eigenvalue weighted by atomic mass is 10.1. The number of rotatable bonds is 10. The van der Waals surface area contributed by atoms with Crippen LogP contribution < -0.4 is 10.2 Å². The van der Waals surface area contributed by atoms with Crippen molar-refractivity contribution in [2.45, 2.75) is 41.2 Å². The van der Waals surface area contributed by atoms with E-state index in [1.54, 1.807) is 0 Å². The molecule has 0 unspecified atom stereocenters. The second-order valence-corrected chi connectivity index (χ2v) is 8.57. The van der Waals surface area contributed by atoms with Gasteiger partial charge in [-0.3, -0.25) is 4.79 Å². The van der Waals surface area contributed by atoms with Gasteiger partial charge in [0, 0.05) is 42.4 Å². The predicted octanol–water partition coefficient (Wildman–Crippen LogP) is 6.89. The first-order valence-corrected chi connectivity index (χ1v) is 11.5. The highest BCUT2D eigenvalue weighted by Crippen LogP contribution is 2.33. The van der Waals surface area contributed by atoms with E-state index in [1.807, 2.05) is 70.2 Å². The first-order valence-electron chi connectivity index (χ1n) is 10.8. The summed E-state index contributed by atoms with van der Waals surface area (Å²) in [5, 5.41) is 20.8. The molecule has 2 aromatic rings. The molecule has 0 spiro atoms. The number of nitrogens with one attached hydrogen (secondary N) is 1. The summed E-state index contributed by atoms with van der Waals surface area (Å²) >= 11 is 1.08. The fourth-order valence-corrected chi connectivity index (χ4v) is 3.20. The summed E-state index contributed by atoms with van der Waals surface area (Å²) in [7, 11) is 0. The molecule has 1 N–H and O–H groups in total. The van der Waals surface area contributed by atoms with Gasteiger partial charge in [-0.15, -0.1) is 10.2 Å². The highest BCUT2D eigenvalue weighted by Gasteiger charge is 2.14. The smallest absolute Gasteiger partial charge is 0.226 e. The van der Waals surface area contributed by atoms with Crippen molar-refractivity contribution in [2.24, 2.45) is 20.5 Å². The molecule has 0 saturated carbocycles. The van der Waals surface area contributed by atoms with Gasteiger partial charge in [-0.2, -0.15) is 5.26 Å². The topological polar surface area (TPSA) is 93.2 Å². The van der Waals surface area contributed by atoms with E-state index in [-0.39, 0.29) is 11.8 Å². The number of azo groups is 1. The minimum Gasteiger partial charge on any atom is -0.367 e. The molecular formula is C25H30N6OS. The average molecular weight is 463 g/mol. The molecule has 0 atom stereocenters. The molecule has 0 aliphatic heterocycles. The van der Waals surface area contributed by atoms with E-state index >= 15 is 0 Å². The van der Waals surface area contributed by atoms with Gasteiger partial charge in [0.15, 0.2) is 5.03 Å². The second kappa shape index (κ2) is 13.2. The van der Waals surface area contributed by atoms with Crippen molar-refractivity contribution in [2.75, 3.05) is 16.8 Å². The van der Waals surface area contributed by atoms with Crippen LogP contribution in [-0.2, 0) is 11.3 Å². The molecule has 8 heteroatoms. The third kappa shape index (κ3) is 8.54. The normalized spacial score (nSPS) is 11.4. The van der Waals surface area contributed by atoms with E-state index < -0.39 is 0 Å². The van der Waals surface area contributed by atoms with E-state index in [0.717, 1.165) is 36.4 Å². The number of nitriles is 1. The molecule has 0 bridgehead atoms. The molecule has 2 aromatic carbocycles. The fourth-order valence-electron chi connectivity index (χ4n) is 2.74. The highest BCUT2D eigenvalue weighted by atomic mass is 32.2. The zero-order chi connectivity index (χ0) is 24.2. The Bertz CT molecular complexity index is 1070. The van der Waals surface area contributed by atoms with Crippen LogP contribution in [0.1, 0.15) is 40.2 Å². The van der Waals surface area contributed by atoms with Crippen molar-refractivity contribution < 1.29 is 4.79 Å². The standard InChI is InChI=1S/C25H30N6OS/c1-6-31(17-20-10-8-7-9-11-20)21-12-13-22(23(16-21)27-25(32)18(2)3)28-29-24(14-15-26)33-30-19(4)5/h7-14,16,18H,6,17H2,1-5H3,(H,27,32)/b24-14+,29-28?. The molecule has 0 heterocycles. The molecule has 172 valence electrons. The Morgan fingerprint density at radius 2 is 1.94 bits per heavy atom. The van der Waals surface area contributed by atoms with Crippen LogP contribution in [-0.4, -0.2) is 18.2 Å². The Kier molecular flexibility index (Phi) is 10.3. The van der Waals surface area contributed by atoms with E-state index in [4.69, 9.17) is 5.26 Å². The second-order valence-electron chi connectivity index (χ2n) is 7.79. The highest BCUT2D eigenvalue weighted by molar-refractivity contribution is 8.01. The van der Waals surface area contributed by atoms with Crippen molar-refractivity contribution in [3.05, 3.63) is 65.2 Å². The van der Waals surface area contributed by atoms with Gasteiger partial charge in [0.25, 0.3) is 0 Å². The van der Waals surface area contributed by atoms with Crippen LogP contribution in [0.3, 0.4) is 0 Å². The molecule has 33 heavy (non-hydrogen) atoms. The lowest BCUT2D eigenvalue weighted by Crippen LogP contribution is -2.22. The summed E-state index contributed by atoms with van der Waals surface area (Å²) in [4.78, 5) is 14.7. The van der Waals surface area contributed by atoms with Gasteiger partial charge in [-0.1, -0.05) is 44.2 Å². The number of carbonyl (C=O) groups excluding carboxylic acids is 1. The van der Waals surface area contributed by atoms with Crippen LogP contribution in [0.2, 0.25) is 0 Å².